The van der Waals surface area contributed by atoms with Crippen molar-refractivity contribution in [2.45, 2.75) is 48.5 Å². The molecule has 0 bridgehead atoms. The lowest BCUT2D eigenvalue weighted by Gasteiger charge is -2.45. The lowest BCUT2D eigenvalue weighted by Crippen LogP contribution is -2.53. The summed E-state index contributed by atoms with van der Waals surface area (Å²) in [6, 6.07) is 5.22. The van der Waals surface area contributed by atoms with E-state index in [0.29, 0.717) is 0 Å². The molecule has 0 aromatic heterocycles. The number of fused-ring (bicyclic) bond motifs is 2. The molecule has 4 rings (SSSR count). The van der Waals surface area contributed by atoms with E-state index in [2.05, 4.69) is 0 Å². The van der Waals surface area contributed by atoms with Crippen molar-refractivity contribution >= 4 is 15.7 Å². The number of hydrogen-bond acceptors (Lipinski definition) is 5. The summed E-state index contributed by atoms with van der Waals surface area (Å²) in [5.74, 6) is -1.25. The number of alkyl halides is 3. The van der Waals surface area contributed by atoms with Crippen molar-refractivity contribution in [2.24, 2.45) is 0 Å². The Labute approximate surface area is 175 Å². The van der Waals surface area contributed by atoms with Crippen LogP contribution in [0.15, 0.2) is 41.3 Å². The molecule has 0 radical (unpaired) electrons. The minimum atomic E-state index is -5.68. The van der Waals surface area contributed by atoms with E-state index >= 15 is 0 Å². The normalized spacial score (nSPS) is 22.7. The molecule has 0 saturated heterocycles. The van der Waals surface area contributed by atoms with E-state index in [4.69, 9.17) is 4.74 Å². The van der Waals surface area contributed by atoms with E-state index in [-0.39, 0.29) is 29.0 Å². The quantitative estimate of drug-likeness (QED) is 0.697. The lowest BCUT2D eigenvalue weighted by atomic mass is 9.85. The number of carbonyl (C=O) groups excluding carboxylic acids is 1. The molecule has 0 spiro atoms. The molecular weight excluding hydrogens is 442 g/mol. The van der Waals surface area contributed by atoms with Crippen LogP contribution in [0.5, 0.6) is 5.75 Å². The Morgan fingerprint density at radius 1 is 1.19 bits per heavy atom. The van der Waals surface area contributed by atoms with Crippen LogP contribution in [-0.2, 0) is 16.4 Å². The van der Waals surface area contributed by atoms with E-state index in [1.807, 2.05) is 0 Å². The topological polar surface area (TPSA) is 83.9 Å². The van der Waals surface area contributed by atoms with E-state index < -0.39 is 49.7 Å². The van der Waals surface area contributed by atoms with Gasteiger partial charge in [-0.3, -0.25) is 4.79 Å². The Kier molecular flexibility index (Phi) is 4.64. The van der Waals surface area contributed by atoms with Gasteiger partial charge in [-0.15, -0.1) is 0 Å². The molecule has 2 aliphatic heterocycles. The standard InChI is InChI=1S/C20H17F4NO5S/c1-19(2)17(26)16(25-9-13-11(18(25)27)4-3-5-14(13)21)12-8-10(6-7-15(12)30-19)31(28,29)20(22,23)24/h3-8,16-17,26H,9H2,1-2H3/t16-,17+/m1/s1. The summed E-state index contributed by atoms with van der Waals surface area (Å²) in [7, 11) is -5.68. The monoisotopic (exact) mass is 459 g/mol. The van der Waals surface area contributed by atoms with Gasteiger partial charge in [-0.05, 0) is 44.2 Å². The van der Waals surface area contributed by atoms with Crippen molar-refractivity contribution < 1.29 is 40.6 Å². The van der Waals surface area contributed by atoms with Gasteiger partial charge in [0.1, 0.15) is 23.3 Å². The number of rotatable bonds is 2. The number of halogens is 4. The molecule has 1 amide bonds. The first-order chi connectivity index (χ1) is 14.3. The summed E-state index contributed by atoms with van der Waals surface area (Å²) in [5.41, 5.74) is -6.76. The molecule has 2 aromatic carbocycles. The molecule has 0 saturated carbocycles. The molecule has 6 nitrogen and oxygen atoms in total. The average molecular weight is 459 g/mol. The highest BCUT2D eigenvalue weighted by Crippen LogP contribution is 2.47. The van der Waals surface area contributed by atoms with Crippen LogP contribution in [0.2, 0.25) is 0 Å². The Balaban J connectivity index is 1.87. The van der Waals surface area contributed by atoms with Crippen molar-refractivity contribution in [3.8, 4) is 5.75 Å². The van der Waals surface area contributed by atoms with Crippen LogP contribution >= 0.6 is 0 Å². The second-order valence-electron chi connectivity index (χ2n) is 7.94. The number of hydrogen-bond donors (Lipinski definition) is 1. The summed E-state index contributed by atoms with van der Waals surface area (Å²) in [5, 5.41) is 10.9. The molecule has 1 N–H and O–H groups in total. The Morgan fingerprint density at radius 3 is 2.48 bits per heavy atom. The van der Waals surface area contributed by atoms with Crippen LogP contribution in [0.3, 0.4) is 0 Å². The smallest absolute Gasteiger partial charge is 0.485 e. The molecule has 2 aliphatic rings. The van der Waals surface area contributed by atoms with E-state index in [9.17, 15) is 35.9 Å². The number of ether oxygens (including phenoxy) is 1. The third-order valence-corrected chi connectivity index (χ3v) is 7.06. The van der Waals surface area contributed by atoms with Gasteiger partial charge in [0, 0.05) is 16.7 Å². The fourth-order valence-electron chi connectivity index (χ4n) is 3.93. The first kappa shape index (κ1) is 21.6. The Morgan fingerprint density at radius 2 is 1.87 bits per heavy atom. The third kappa shape index (κ3) is 3.18. The summed E-state index contributed by atoms with van der Waals surface area (Å²) in [4.78, 5) is 13.0. The van der Waals surface area contributed by atoms with E-state index in [1.54, 1.807) is 0 Å². The number of amides is 1. The SMILES string of the molecule is CC1(C)Oc2ccc(S(=O)(=O)C(F)(F)F)cc2[C@@H](N2Cc3c(F)cccc3C2=O)[C@@H]1O. The van der Waals surface area contributed by atoms with Gasteiger partial charge in [-0.1, -0.05) is 6.07 Å². The van der Waals surface area contributed by atoms with Gasteiger partial charge < -0.3 is 14.7 Å². The second kappa shape index (κ2) is 6.67. The van der Waals surface area contributed by atoms with Gasteiger partial charge in [-0.25, -0.2) is 12.8 Å². The van der Waals surface area contributed by atoms with Crippen LogP contribution in [-0.4, -0.2) is 41.5 Å². The van der Waals surface area contributed by atoms with Gasteiger partial charge in [0.2, 0.25) is 0 Å². The maximum atomic E-state index is 14.2. The Hall–Kier alpha value is -2.66. The zero-order valence-corrected chi connectivity index (χ0v) is 17.1. The molecule has 0 aliphatic carbocycles. The maximum Gasteiger partial charge on any atom is 0.501 e. The van der Waals surface area contributed by atoms with E-state index in [0.717, 1.165) is 23.1 Å². The number of sulfone groups is 1. The molecule has 0 fully saturated rings. The first-order valence-corrected chi connectivity index (χ1v) is 10.6. The molecule has 2 aromatic rings. The Bertz CT molecular complexity index is 1190. The van der Waals surface area contributed by atoms with Crippen LogP contribution < -0.4 is 4.74 Å². The fraction of sp³-hybridized carbons (Fsp3) is 0.350. The number of aliphatic hydroxyl groups is 1. The van der Waals surface area contributed by atoms with Crippen molar-refractivity contribution in [3.63, 3.8) is 0 Å². The maximum absolute atomic E-state index is 14.2. The summed E-state index contributed by atoms with van der Waals surface area (Å²) >= 11 is 0. The van der Waals surface area contributed by atoms with E-state index in [1.165, 1.54) is 32.0 Å². The van der Waals surface area contributed by atoms with Gasteiger partial charge >= 0.3 is 5.51 Å². The zero-order chi connectivity index (χ0) is 22.9. The second-order valence-corrected chi connectivity index (χ2v) is 9.88. The minimum Gasteiger partial charge on any atom is -0.485 e. The summed E-state index contributed by atoms with van der Waals surface area (Å²) < 4.78 is 82.9. The predicted octanol–water partition coefficient (Wildman–Crippen LogP) is 3.35. The minimum absolute atomic E-state index is 0.0191. The predicted molar refractivity (Wildman–Crippen MR) is 99.4 cm³/mol. The number of nitrogens with zero attached hydrogens (tertiary/aromatic N) is 1. The number of carbonyl (C=O) groups is 1. The molecular formula is C20H17F4NO5S. The lowest BCUT2D eigenvalue weighted by molar-refractivity contribution is -0.0870. The summed E-state index contributed by atoms with van der Waals surface area (Å²) in [6.45, 7) is 2.79. The highest BCUT2D eigenvalue weighted by molar-refractivity contribution is 7.92. The van der Waals surface area contributed by atoms with Crippen molar-refractivity contribution in [1.82, 2.24) is 4.90 Å². The molecule has 0 unspecified atom stereocenters. The molecule has 31 heavy (non-hydrogen) atoms. The average Bonchev–Trinajstić information content (AvgIpc) is 2.99. The molecule has 11 heteroatoms. The largest absolute Gasteiger partial charge is 0.501 e. The third-order valence-electron chi connectivity index (χ3n) is 5.57. The zero-order valence-electron chi connectivity index (χ0n) is 16.3. The van der Waals surface area contributed by atoms with Crippen LogP contribution in [0, 0.1) is 5.82 Å². The summed E-state index contributed by atoms with van der Waals surface area (Å²) in [6.07, 6.45) is -1.44. The van der Waals surface area contributed by atoms with Gasteiger partial charge in [0.25, 0.3) is 15.7 Å². The van der Waals surface area contributed by atoms with Crippen LogP contribution in [0.4, 0.5) is 17.6 Å². The van der Waals surface area contributed by atoms with Crippen LogP contribution in [0.1, 0.15) is 41.4 Å². The highest BCUT2D eigenvalue weighted by atomic mass is 32.2. The number of benzene rings is 2. The fourth-order valence-corrected chi connectivity index (χ4v) is 4.72. The van der Waals surface area contributed by atoms with Crippen molar-refractivity contribution in [2.75, 3.05) is 0 Å². The van der Waals surface area contributed by atoms with Gasteiger partial charge in [0.15, 0.2) is 0 Å². The van der Waals surface area contributed by atoms with Crippen molar-refractivity contribution in [3.05, 3.63) is 58.9 Å². The molecule has 166 valence electrons. The van der Waals surface area contributed by atoms with Crippen molar-refractivity contribution in [1.29, 1.82) is 0 Å². The molecule has 2 atom stereocenters. The van der Waals surface area contributed by atoms with Gasteiger partial charge in [0.05, 0.1) is 17.5 Å². The van der Waals surface area contributed by atoms with Gasteiger partial charge in [-0.2, -0.15) is 13.2 Å². The number of aliphatic hydroxyl groups excluding tert-OH is 1. The highest BCUT2D eigenvalue weighted by Gasteiger charge is 2.51. The van der Waals surface area contributed by atoms with Crippen LogP contribution in [0.25, 0.3) is 0 Å². The first-order valence-electron chi connectivity index (χ1n) is 9.16. The molecule has 2 heterocycles.